The van der Waals surface area contributed by atoms with Gasteiger partial charge < -0.3 is 10.2 Å². The molecular weight excluding hydrogens is 350 g/mol. The lowest BCUT2D eigenvalue weighted by molar-refractivity contribution is -0.121. The van der Waals surface area contributed by atoms with E-state index >= 15 is 0 Å². The molecule has 3 saturated heterocycles. The SMILES string of the molecule is CN1C[C@@H]2CCCN3CCC[C@@H]([C@H]23)[C@H]1CCCC(=O)NCCCn1cccn1. The molecule has 3 aliphatic heterocycles. The number of nitrogens with zero attached hydrogens (tertiary/aromatic N) is 4. The molecule has 156 valence electrons. The Kier molecular flexibility index (Phi) is 6.68. The zero-order chi connectivity index (χ0) is 19.3. The Hall–Kier alpha value is -1.40. The molecule has 1 N–H and O–H groups in total. The van der Waals surface area contributed by atoms with Crippen molar-refractivity contribution in [1.29, 1.82) is 0 Å². The number of likely N-dealkylation sites (tertiary alicyclic amines) is 1. The Labute approximate surface area is 169 Å². The summed E-state index contributed by atoms with van der Waals surface area (Å²) in [5.74, 6) is 1.90. The average molecular weight is 388 g/mol. The van der Waals surface area contributed by atoms with Crippen LogP contribution in [0.2, 0.25) is 0 Å². The van der Waals surface area contributed by atoms with Gasteiger partial charge in [0.25, 0.3) is 0 Å². The maximum atomic E-state index is 12.2. The summed E-state index contributed by atoms with van der Waals surface area (Å²) in [6.45, 7) is 5.48. The van der Waals surface area contributed by atoms with Crippen LogP contribution in [0.5, 0.6) is 0 Å². The van der Waals surface area contributed by atoms with Gasteiger partial charge >= 0.3 is 0 Å². The van der Waals surface area contributed by atoms with Gasteiger partial charge in [-0.3, -0.25) is 14.4 Å². The first kappa shape index (κ1) is 19.9. The number of carbonyl (C=O) groups excluding carboxylic acids is 1. The minimum absolute atomic E-state index is 0.208. The maximum absolute atomic E-state index is 12.2. The molecule has 1 amide bonds. The van der Waals surface area contributed by atoms with Crippen LogP contribution >= 0.6 is 0 Å². The summed E-state index contributed by atoms with van der Waals surface area (Å²) in [6, 6.07) is 3.41. The Morgan fingerprint density at radius 3 is 2.89 bits per heavy atom. The van der Waals surface area contributed by atoms with Crippen LogP contribution < -0.4 is 5.32 Å². The van der Waals surface area contributed by atoms with Gasteiger partial charge in [0.1, 0.15) is 0 Å². The standard InChI is InChI=1S/C22H37N5O/c1-25-17-18-7-3-13-26-14-4-8-19(22(18)26)20(25)9-2-10-21(28)23-11-5-15-27-16-6-12-24-27/h6,12,16,18-20,22H,2-5,7-11,13-15,17H2,1H3,(H,23,28)/t18-,19+,20+,22-/m0/s1. The van der Waals surface area contributed by atoms with E-state index in [-0.39, 0.29) is 5.91 Å². The highest BCUT2D eigenvalue weighted by molar-refractivity contribution is 5.75. The Morgan fingerprint density at radius 2 is 2.07 bits per heavy atom. The second-order valence-corrected chi connectivity index (χ2v) is 9.11. The van der Waals surface area contributed by atoms with Gasteiger partial charge in [0.15, 0.2) is 0 Å². The van der Waals surface area contributed by atoms with Gasteiger partial charge in [-0.1, -0.05) is 0 Å². The van der Waals surface area contributed by atoms with E-state index in [1.54, 1.807) is 6.20 Å². The minimum Gasteiger partial charge on any atom is -0.356 e. The van der Waals surface area contributed by atoms with Crippen molar-refractivity contribution in [2.75, 3.05) is 33.2 Å². The molecule has 4 atom stereocenters. The number of amides is 1. The predicted octanol–water partition coefficient (Wildman–Crippen LogP) is 2.36. The third kappa shape index (κ3) is 4.60. The second-order valence-electron chi connectivity index (χ2n) is 9.11. The highest BCUT2D eigenvalue weighted by Gasteiger charge is 2.47. The number of hydrogen-bond donors (Lipinski definition) is 1. The maximum Gasteiger partial charge on any atom is 0.219 e. The molecule has 3 aliphatic rings. The van der Waals surface area contributed by atoms with E-state index in [1.165, 1.54) is 51.7 Å². The molecule has 0 radical (unpaired) electrons. The van der Waals surface area contributed by atoms with Gasteiger partial charge in [0.2, 0.25) is 5.91 Å². The van der Waals surface area contributed by atoms with Crippen LogP contribution in [0.25, 0.3) is 0 Å². The lowest BCUT2D eigenvalue weighted by atomic mass is 9.69. The summed E-state index contributed by atoms with van der Waals surface area (Å²) >= 11 is 0. The molecule has 6 nitrogen and oxygen atoms in total. The van der Waals surface area contributed by atoms with Crippen molar-refractivity contribution in [2.45, 2.75) is 70.0 Å². The molecule has 1 aromatic rings. The van der Waals surface area contributed by atoms with Crippen LogP contribution in [-0.4, -0.2) is 70.8 Å². The van der Waals surface area contributed by atoms with E-state index in [0.717, 1.165) is 43.8 Å². The average Bonchev–Trinajstić information content (AvgIpc) is 3.21. The largest absolute Gasteiger partial charge is 0.356 e. The van der Waals surface area contributed by atoms with Crippen LogP contribution in [0, 0.1) is 11.8 Å². The van der Waals surface area contributed by atoms with Gasteiger partial charge in [0, 0.05) is 50.5 Å². The van der Waals surface area contributed by atoms with E-state index in [0.29, 0.717) is 12.5 Å². The van der Waals surface area contributed by atoms with Gasteiger partial charge in [0.05, 0.1) is 0 Å². The summed E-state index contributed by atoms with van der Waals surface area (Å²) in [4.78, 5) is 17.6. The molecule has 0 aromatic carbocycles. The van der Waals surface area contributed by atoms with Crippen LogP contribution in [0.3, 0.4) is 0 Å². The smallest absolute Gasteiger partial charge is 0.219 e. The van der Waals surface area contributed by atoms with Crippen molar-refractivity contribution in [1.82, 2.24) is 24.9 Å². The number of nitrogens with one attached hydrogen (secondary N) is 1. The molecular formula is C22H37N5O. The van der Waals surface area contributed by atoms with E-state index in [2.05, 4.69) is 27.3 Å². The lowest BCUT2D eigenvalue weighted by Crippen LogP contribution is -2.63. The van der Waals surface area contributed by atoms with Crippen molar-refractivity contribution in [2.24, 2.45) is 11.8 Å². The van der Waals surface area contributed by atoms with Crippen LogP contribution in [0.1, 0.15) is 51.4 Å². The van der Waals surface area contributed by atoms with Crippen LogP contribution in [0.4, 0.5) is 0 Å². The second kappa shape index (κ2) is 9.40. The molecule has 0 bridgehead atoms. The number of aromatic nitrogens is 2. The van der Waals surface area contributed by atoms with E-state index in [9.17, 15) is 4.79 Å². The van der Waals surface area contributed by atoms with Gasteiger partial charge in [-0.25, -0.2) is 0 Å². The summed E-state index contributed by atoms with van der Waals surface area (Å²) in [5, 5.41) is 7.27. The molecule has 1 aromatic heterocycles. The normalized spacial score (nSPS) is 30.8. The Balaban J connectivity index is 1.19. The molecule has 4 heterocycles. The summed E-state index contributed by atoms with van der Waals surface area (Å²) in [5.41, 5.74) is 0. The topological polar surface area (TPSA) is 53.4 Å². The summed E-state index contributed by atoms with van der Waals surface area (Å²) in [7, 11) is 2.32. The first-order chi connectivity index (χ1) is 13.7. The molecule has 28 heavy (non-hydrogen) atoms. The monoisotopic (exact) mass is 387 g/mol. The highest BCUT2D eigenvalue weighted by atomic mass is 16.1. The van der Waals surface area contributed by atoms with Gasteiger partial charge in [-0.05, 0) is 83.0 Å². The lowest BCUT2D eigenvalue weighted by Gasteiger charge is -2.57. The fourth-order valence-electron chi connectivity index (χ4n) is 6.10. The highest BCUT2D eigenvalue weighted by Crippen LogP contribution is 2.42. The fraction of sp³-hybridized carbons (Fsp3) is 0.818. The van der Waals surface area contributed by atoms with Crippen molar-refractivity contribution in [3.8, 4) is 0 Å². The van der Waals surface area contributed by atoms with E-state index in [4.69, 9.17) is 0 Å². The van der Waals surface area contributed by atoms with E-state index in [1.807, 2.05) is 16.9 Å². The van der Waals surface area contributed by atoms with E-state index < -0.39 is 0 Å². The Morgan fingerprint density at radius 1 is 1.21 bits per heavy atom. The zero-order valence-electron chi connectivity index (χ0n) is 17.4. The quantitative estimate of drug-likeness (QED) is 0.696. The molecule has 0 spiro atoms. The summed E-state index contributed by atoms with van der Waals surface area (Å²) in [6.07, 6.45) is 13.1. The Bertz CT molecular complexity index is 616. The predicted molar refractivity (Wildman–Crippen MR) is 111 cm³/mol. The third-order valence-corrected chi connectivity index (χ3v) is 7.28. The summed E-state index contributed by atoms with van der Waals surface area (Å²) < 4.78 is 1.91. The first-order valence-electron chi connectivity index (χ1n) is 11.4. The number of aryl methyl sites for hydroxylation is 1. The number of carbonyl (C=O) groups is 1. The molecule has 0 saturated carbocycles. The fourth-order valence-corrected chi connectivity index (χ4v) is 6.10. The number of piperidine rings is 3. The van der Waals surface area contributed by atoms with Crippen LogP contribution in [0.15, 0.2) is 18.5 Å². The zero-order valence-corrected chi connectivity index (χ0v) is 17.4. The third-order valence-electron chi connectivity index (χ3n) is 7.28. The van der Waals surface area contributed by atoms with Crippen molar-refractivity contribution < 1.29 is 4.79 Å². The molecule has 3 fully saturated rings. The first-order valence-corrected chi connectivity index (χ1v) is 11.4. The van der Waals surface area contributed by atoms with Gasteiger partial charge in [-0.2, -0.15) is 5.10 Å². The van der Waals surface area contributed by atoms with Crippen LogP contribution in [-0.2, 0) is 11.3 Å². The van der Waals surface area contributed by atoms with Crippen molar-refractivity contribution in [3.05, 3.63) is 18.5 Å². The molecule has 0 aliphatic carbocycles. The van der Waals surface area contributed by atoms with Crippen molar-refractivity contribution >= 4 is 5.91 Å². The molecule has 0 unspecified atom stereocenters. The van der Waals surface area contributed by atoms with Gasteiger partial charge in [-0.15, -0.1) is 0 Å². The number of hydrogen-bond acceptors (Lipinski definition) is 4. The minimum atomic E-state index is 0.208. The molecule has 6 heteroatoms. The molecule has 4 rings (SSSR count). The van der Waals surface area contributed by atoms with Crippen molar-refractivity contribution in [3.63, 3.8) is 0 Å². The number of rotatable bonds is 8.